The second-order valence-corrected chi connectivity index (χ2v) is 6.69. The van der Waals surface area contributed by atoms with Crippen LogP contribution in [0, 0.1) is 11.8 Å². The first-order valence-corrected chi connectivity index (χ1v) is 8.17. The van der Waals surface area contributed by atoms with Crippen molar-refractivity contribution < 1.29 is 0 Å². The predicted molar refractivity (Wildman–Crippen MR) is 78.9 cm³/mol. The Morgan fingerprint density at radius 2 is 1.56 bits per heavy atom. The number of hydrogen-bond donors (Lipinski definition) is 0. The minimum Gasteiger partial charge on any atom is -0.301 e. The van der Waals surface area contributed by atoms with E-state index in [2.05, 4.69) is 30.6 Å². The maximum atomic E-state index is 2.78. The van der Waals surface area contributed by atoms with E-state index in [4.69, 9.17) is 0 Å². The minimum atomic E-state index is 0.896. The lowest BCUT2D eigenvalue weighted by atomic mass is 9.79. The van der Waals surface area contributed by atoms with Gasteiger partial charge in [-0.3, -0.25) is 4.90 Å². The van der Waals surface area contributed by atoms with Crippen molar-refractivity contribution in [3.8, 4) is 0 Å². The van der Waals surface area contributed by atoms with Crippen LogP contribution in [-0.2, 0) is 0 Å². The Labute approximate surface area is 114 Å². The molecule has 0 aromatic rings. The molecule has 0 amide bonds. The Morgan fingerprint density at radius 3 is 2.06 bits per heavy atom. The molecule has 2 aliphatic rings. The minimum absolute atomic E-state index is 0.896. The molecular formula is C16H32N2. The van der Waals surface area contributed by atoms with E-state index in [1.165, 1.54) is 64.8 Å². The van der Waals surface area contributed by atoms with Crippen LogP contribution in [0.25, 0.3) is 0 Å². The van der Waals surface area contributed by atoms with Crippen LogP contribution in [-0.4, -0.2) is 48.6 Å². The quantitative estimate of drug-likeness (QED) is 0.758. The zero-order valence-corrected chi connectivity index (χ0v) is 12.7. The predicted octanol–water partition coefficient (Wildman–Crippen LogP) is 3.23. The molecule has 1 aliphatic heterocycles. The third-order valence-corrected chi connectivity index (χ3v) is 5.15. The summed E-state index contributed by atoms with van der Waals surface area (Å²) in [5.41, 5.74) is 0. The van der Waals surface area contributed by atoms with E-state index in [9.17, 15) is 0 Å². The van der Waals surface area contributed by atoms with Crippen LogP contribution in [0.3, 0.4) is 0 Å². The van der Waals surface area contributed by atoms with Gasteiger partial charge in [-0.1, -0.05) is 20.8 Å². The van der Waals surface area contributed by atoms with E-state index in [1.807, 2.05) is 0 Å². The van der Waals surface area contributed by atoms with Crippen LogP contribution in [0.5, 0.6) is 0 Å². The van der Waals surface area contributed by atoms with Crippen molar-refractivity contribution in [2.24, 2.45) is 11.8 Å². The molecule has 0 bridgehead atoms. The molecular weight excluding hydrogens is 220 g/mol. The van der Waals surface area contributed by atoms with Gasteiger partial charge in [0, 0.05) is 32.2 Å². The highest BCUT2D eigenvalue weighted by Crippen LogP contribution is 2.32. The van der Waals surface area contributed by atoms with Gasteiger partial charge < -0.3 is 4.90 Å². The maximum absolute atomic E-state index is 2.78. The largest absolute Gasteiger partial charge is 0.301 e. The van der Waals surface area contributed by atoms with Gasteiger partial charge in [-0.25, -0.2) is 0 Å². The lowest BCUT2D eigenvalue weighted by Crippen LogP contribution is -2.51. The van der Waals surface area contributed by atoms with E-state index in [-0.39, 0.29) is 0 Å². The second kappa shape index (κ2) is 6.91. The molecule has 18 heavy (non-hydrogen) atoms. The number of piperazine rings is 1. The van der Waals surface area contributed by atoms with Crippen molar-refractivity contribution in [1.82, 2.24) is 9.80 Å². The standard InChI is InChI=1S/C16H32N2/c1-4-9-17-10-12-18(13-11-17)16-7-5-15(6-8-16)14(2)3/h14-16H,4-13H2,1-3H3. The highest BCUT2D eigenvalue weighted by molar-refractivity contribution is 4.83. The summed E-state index contributed by atoms with van der Waals surface area (Å²) in [6.07, 6.45) is 7.15. The van der Waals surface area contributed by atoms with Crippen molar-refractivity contribution in [3.63, 3.8) is 0 Å². The first kappa shape index (κ1) is 14.3. The van der Waals surface area contributed by atoms with Crippen molar-refractivity contribution in [3.05, 3.63) is 0 Å². The molecule has 0 N–H and O–H groups in total. The summed E-state index contributed by atoms with van der Waals surface area (Å²) in [4.78, 5) is 5.42. The highest BCUT2D eigenvalue weighted by atomic mass is 15.3. The molecule has 2 nitrogen and oxygen atoms in total. The average molecular weight is 252 g/mol. The molecule has 0 aromatic heterocycles. The van der Waals surface area contributed by atoms with Gasteiger partial charge in [-0.2, -0.15) is 0 Å². The Bertz CT molecular complexity index is 223. The molecule has 1 aliphatic carbocycles. The summed E-state index contributed by atoms with van der Waals surface area (Å²) >= 11 is 0. The number of nitrogens with zero attached hydrogens (tertiary/aromatic N) is 2. The van der Waals surface area contributed by atoms with Gasteiger partial charge in [0.1, 0.15) is 0 Å². The van der Waals surface area contributed by atoms with Gasteiger partial charge >= 0.3 is 0 Å². The van der Waals surface area contributed by atoms with Crippen LogP contribution in [0.15, 0.2) is 0 Å². The molecule has 2 heteroatoms. The Kier molecular flexibility index (Phi) is 5.50. The van der Waals surface area contributed by atoms with E-state index in [0.717, 1.165) is 17.9 Å². The van der Waals surface area contributed by atoms with Gasteiger partial charge in [0.25, 0.3) is 0 Å². The first-order chi connectivity index (χ1) is 8.70. The summed E-state index contributed by atoms with van der Waals surface area (Å²) in [6.45, 7) is 13.6. The first-order valence-electron chi connectivity index (χ1n) is 8.17. The normalized spacial score (nSPS) is 32.0. The van der Waals surface area contributed by atoms with Crippen molar-refractivity contribution in [1.29, 1.82) is 0 Å². The number of hydrogen-bond acceptors (Lipinski definition) is 2. The topological polar surface area (TPSA) is 6.48 Å². The number of rotatable bonds is 4. The van der Waals surface area contributed by atoms with Gasteiger partial charge in [-0.15, -0.1) is 0 Å². The van der Waals surface area contributed by atoms with Crippen LogP contribution in [0.2, 0.25) is 0 Å². The van der Waals surface area contributed by atoms with Gasteiger partial charge in [0.2, 0.25) is 0 Å². The smallest absolute Gasteiger partial charge is 0.0113 e. The molecule has 2 fully saturated rings. The third-order valence-electron chi connectivity index (χ3n) is 5.15. The molecule has 0 radical (unpaired) electrons. The van der Waals surface area contributed by atoms with Crippen LogP contribution in [0.4, 0.5) is 0 Å². The Balaban J connectivity index is 1.71. The molecule has 0 atom stereocenters. The van der Waals surface area contributed by atoms with E-state index < -0.39 is 0 Å². The lowest BCUT2D eigenvalue weighted by Gasteiger charge is -2.42. The van der Waals surface area contributed by atoms with Crippen LogP contribution in [0.1, 0.15) is 52.9 Å². The molecule has 0 unspecified atom stereocenters. The summed E-state index contributed by atoms with van der Waals surface area (Å²) in [6, 6.07) is 0.906. The average Bonchev–Trinajstić information content (AvgIpc) is 2.40. The third kappa shape index (κ3) is 3.71. The molecule has 0 aromatic carbocycles. The SMILES string of the molecule is CCCN1CCN(C2CCC(C(C)C)CC2)CC1. The second-order valence-electron chi connectivity index (χ2n) is 6.69. The molecule has 2 rings (SSSR count). The maximum Gasteiger partial charge on any atom is 0.0113 e. The summed E-state index contributed by atoms with van der Waals surface area (Å²) in [7, 11) is 0. The van der Waals surface area contributed by atoms with Gasteiger partial charge in [0.15, 0.2) is 0 Å². The molecule has 0 spiro atoms. The Morgan fingerprint density at radius 1 is 0.944 bits per heavy atom. The fourth-order valence-corrected chi connectivity index (χ4v) is 3.80. The Hall–Kier alpha value is -0.0800. The molecule has 106 valence electrons. The summed E-state index contributed by atoms with van der Waals surface area (Å²) < 4.78 is 0. The molecule has 1 saturated carbocycles. The zero-order valence-electron chi connectivity index (χ0n) is 12.7. The van der Waals surface area contributed by atoms with E-state index in [1.54, 1.807) is 0 Å². The summed E-state index contributed by atoms with van der Waals surface area (Å²) in [5, 5.41) is 0. The van der Waals surface area contributed by atoms with Gasteiger partial charge in [-0.05, 0) is 50.5 Å². The van der Waals surface area contributed by atoms with Crippen molar-refractivity contribution >= 4 is 0 Å². The monoisotopic (exact) mass is 252 g/mol. The summed E-state index contributed by atoms with van der Waals surface area (Å²) in [5.74, 6) is 1.90. The fourth-order valence-electron chi connectivity index (χ4n) is 3.80. The van der Waals surface area contributed by atoms with Crippen molar-refractivity contribution in [2.45, 2.75) is 58.9 Å². The zero-order chi connectivity index (χ0) is 13.0. The van der Waals surface area contributed by atoms with Gasteiger partial charge in [0.05, 0.1) is 0 Å². The van der Waals surface area contributed by atoms with Crippen LogP contribution >= 0.6 is 0 Å². The van der Waals surface area contributed by atoms with E-state index in [0.29, 0.717) is 0 Å². The van der Waals surface area contributed by atoms with E-state index >= 15 is 0 Å². The lowest BCUT2D eigenvalue weighted by molar-refractivity contribution is 0.0656. The van der Waals surface area contributed by atoms with Crippen molar-refractivity contribution in [2.75, 3.05) is 32.7 Å². The molecule has 1 saturated heterocycles. The molecule has 1 heterocycles. The van der Waals surface area contributed by atoms with Crippen LogP contribution < -0.4 is 0 Å². The fraction of sp³-hybridized carbons (Fsp3) is 1.00. The highest BCUT2D eigenvalue weighted by Gasteiger charge is 2.28.